The van der Waals surface area contributed by atoms with Crippen molar-refractivity contribution in [3.8, 4) is 0 Å². The SMILES string of the molecule is Cc1c(C)c(C)c(C(Br)COCC(F)(F)F)c(C)c1C. The summed E-state index contributed by atoms with van der Waals surface area (Å²) >= 11 is 3.46. The van der Waals surface area contributed by atoms with E-state index in [1.54, 1.807) is 0 Å². The number of hydrogen-bond donors (Lipinski definition) is 0. The summed E-state index contributed by atoms with van der Waals surface area (Å²) in [6.45, 7) is 8.94. The Morgan fingerprint density at radius 3 is 1.70 bits per heavy atom. The highest BCUT2D eigenvalue weighted by Crippen LogP contribution is 2.35. The second kappa shape index (κ2) is 6.48. The molecule has 0 aliphatic rings. The molecule has 114 valence electrons. The highest BCUT2D eigenvalue weighted by molar-refractivity contribution is 9.09. The summed E-state index contributed by atoms with van der Waals surface area (Å²) < 4.78 is 41.1. The van der Waals surface area contributed by atoms with E-state index in [-0.39, 0.29) is 11.4 Å². The third kappa shape index (κ3) is 3.98. The Balaban J connectivity index is 2.96. The van der Waals surface area contributed by atoms with Crippen LogP contribution in [0.4, 0.5) is 13.2 Å². The van der Waals surface area contributed by atoms with E-state index in [4.69, 9.17) is 4.74 Å². The van der Waals surface area contributed by atoms with Crippen molar-refractivity contribution < 1.29 is 17.9 Å². The molecule has 0 saturated heterocycles. The molecule has 0 aliphatic heterocycles. The lowest BCUT2D eigenvalue weighted by Crippen LogP contribution is -2.19. The van der Waals surface area contributed by atoms with Crippen LogP contribution in [0.15, 0.2) is 0 Å². The molecule has 0 fully saturated rings. The second-order valence-electron chi connectivity index (χ2n) is 5.14. The van der Waals surface area contributed by atoms with Gasteiger partial charge in [0, 0.05) is 0 Å². The molecule has 1 aromatic rings. The van der Waals surface area contributed by atoms with Crippen LogP contribution in [0.25, 0.3) is 0 Å². The van der Waals surface area contributed by atoms with Crippen molar-refractivity contribution in [2.24, 2.45) is 0 Å². The Kier molecular flexibility index (Phi) is 5.67. The molecule has 0 heterocycles. The molecule has 1 rings (SSSR count). The lowest BCUT2D eigenvalue weighted by Gasteiger charge is -2.22. The Morgan fingerprint density at radius 2 is 1.30 bits per heavy atom. The first-order chi connectivity index (χ1) is 9.06. The van der Waals surface area contributed by atoms with Crippen LogP contribution >= 0.6 is 15.9 Å². The van der Waals surface area contributed by atoms with E-state index >= 15 is 0 Å². The van der Waals surface area contributed by atoms with Crippen molar-refractivity contribution in [1.29, 1.82) is 0 Å². The molecule has 1 unspecified atom stereocenters. The molecule has 0 amide bonds. The van der Waals surface area contributed by atoms with Gasteiger partial charge in [-0.15, -0.1) is 0 Å². The minimum absolute atomic E-state index is 0.00311. The number of alkyl halides is 4. The van der Waals surface area contributed by atoms with Crippen molar-refractivity contribution in [2.75, 3.05) is 13.2 Å². The first-order valence-electron chi connectivity index (χ1n) is 6.41. The molecular weight excluding hydrogens is 333 g/mol. The van der Waals surface area contributed by atoms with Gasteiger partial charge in [-0.3, -0.25) is 0 Å². The Morgan fingerprint density at radius 1 is 0.900 bits per heavy atom. The third-order valence-corrected chi connectivity index (χ3v) is 4.62. The number of halogens is 4. The molecule has 0 N–H and O–H groups in total. The average molecular weight is 353 g/mol. The van der Waals surface area contributed by atoms with Crippen LogP contribution in [0.3, 0.4) is 0 Å². The minimum Gasteiger partial charge on any atom is -0.371 e. The monoisotopic (exact) mass is 352 g/mol. The Labute approximate surface area is 126 Å². The number of ether oxygens (including phenoxy) is 1. The van der Waals surface area contributed by atoms with Crippen molar-refractivity contribution in [1.82, 2.24) is 0 Å². The van der Waals surface area contributed by atoms with Gasteiger partial charge in [0.1, 0.15) is 6.61 Å². The largest absolute Gasteiger partial charge is 0.411 e. The normalized spacial score (nSPS) is 13.7. The first-order valence-corrected chi connectivity index (χ1v) is 7.33. The van der Waals surface area contributed by atoms with E-state index in [0.717, 1.165) is 16.7 Å². The van der Waals surface area contributed by atoms with Crippen LogP contribution in [-0.2, 0) is 4.74 Å². The molecule has 1 atom stereocenters. The highest BCUT2D eigenvalue weighted by Gasteiger charge is 2.28. The fourth-order valence-corrected chi connectivity index (χ4v) is 3.23. The molecule has 0 bridgehead atoms. The zero-order chi connectivity index (χ0) is 15.7. The fraction of sp³-hybridized carbons (Fsp3) is 0.600. The van der Waals surface area contributed by atoms with Crippen LogP contribution < -0.4 is 0 Å². The van der Waals surface area contributed by atoms with Gasteiger partial charge in [-0.05, 0) is 68.0 Å². The van der Waals surface area contributed by atoms with Gasteiger partial charge in [-0.2, -0.15) is 13.2 Å². The lowest BCUT2D eigenvalue weighted by molar-refractivity contribution is -0.173. The molecular formula is C15H20BrF3O. The van der Waals surface area contributed by atoms with Gasteiger partial charge >= 0.3 is 6.18 Å². The standard InChI is InChI=1S/C15H20BrF3O/c1-8-9(2)11(4)14(12(5)10(8)3)13(16)6-20-7-15(17,18)19/h13H,6-7H2,1-5H3. The van der Waals surface area contributed by atoms with Crippen LogP contribution in [-0.4, -0.2) is 19.4 Å². The van der Waals surface area contributed by atoms with Gasteiger partial charge in [0.05, 0.1) is 11.4 Å². The van der Waals surface area contributed by atoms with Crippen LogP contribution in [0, 0.1) is 34.6 Å². The summed E-state index contributed by atoms with van der Waals surface area (Å²) in [4.78, 5) is -0.233. The van der Waals surface area contributed by atoms with E-state index in [1.165, 1.54) is 16.7 Å². The van der Waals surface area contributed by atoms with Gasteiger partial charge in [0.25, 0.3) is 0 Å². The van der Waals surface area contributed by atoms with Gasteiger partial charge in [-0.1, -0.05) is 15.9 Å². The third-order valence-electron chi connectivity index (χ3n) is 3.90. The van der Waals surface area contributed by atoms with E-state index in [1.807, 2.05) is 27.7 Å². The fourth-order valence-electron chi connectivity index (χ4n) is 2.36. The predicted molar refractivity (Wildman–Crippen MR) is 78.7 cm³/mol. The molecule has 0 spiro atoms. The average Bonchev–Trinajstić information content (AvgIpc) is 2.32. The summed E-state index contributed by atoms with van der Waals surface area (Å²) in [5, 5.41) is 0. The zero-order valence-corrected chi connectivity index (χ0v) is 14.0. The van der Waals surface area contributed by atoms with Gasteiger partial charge in [0.2, 0.25) is 0 Å². The summed E-state index contributed by atoms with van der Waals surface area (Å²) in [5.74, 6) is 0. The van der Waals surface area contributed by atoms with Crippen molar-refractivity contribution in [3.05, 3.63) is 33.4 Å². The van der Waals surface area contributed by atoms with Crippen LogP contribution in [0.2, 0.25) is 0 Å². The number of hydrogen-bond acceptors (Lipinski definition) is 1. The van der Waals surface area contributed by atoms with Gasteiger partial charge < -0.3 is 4.74 Å². The predicted octanol–water partition coefficient (Wildman–Crippen LogP) is 5.24. The lowest BCUT2D eigenvalue weighted by atomic mass is 9.88. The van der Waals surface area contributed by atoms with Crippen molar-refractivity contribution in [2.45, 2.75) is 45.6 Å². The Bertz CT molecular complexity index is 466. The minimum atomic E-state index is -4.28. The van der Waals surface area contributed by atoms with E-state index in [9.17, 15) is 13.2 Å². The summed E-state index contributed by atoms with van der Waals surface area (Å²) in [7, 11) is 0. The molecule has 0 radical (unpaired) electrons. The molecule has 0 aromatic heterocycles. The maximum absolute atomic E-state index is 12.1. The highest BCUT2D eigenvalue weighted by atomic mass is 79.9. The van der Waals surface area contributed by atoms with Gasteiger partial charge in [-0.25, -0.2) is 0 Å². The van der Waals surface area contributed by atoms with Crippen LogP contribution in [0.5, 0.6) is 0 Å². The molecule has 20 heavy (non-hydrogen) atoms. The molecule has 1 nitrogen and oxygen atoms in total. The summed E-state index contributed by atoms with van der Waals surface area (Å²) in [6.07, 6.45) is -4.28. The Hall–Kier alpha value is -0.550. The van der Waals surface area contributed by atoms with Gasteiger partial charge in [0.15, 0.2) is 0 Å². The summed E-state index contributed by atoms with van der Waals surface area (Å²) in [5.41, 5.74) is 6.87. The van der Waals surface area contributed by atoms with Crippen molar-refractivity contribution >= 4 is 15.9 Å². The van der Waals surface area contributed by atoms with E-state index < -0.39 is 12.8 Å². The number of rotatable bonds is 4. The smallest absolute Gasteiger partial charge is 0.371 e. The second-order valence-corrected chi connectivity index (χ2v) is 6.24. The molecule has 1 aromatic carbocycles. The quantitative estimate of drug-likeness (QED) is 0.673. The van der Waals surface area contributed by atoms with E-state index in [0.29, 0.717) is 0 Å². The van der Waals surface area contributed by atoms with E-state index in [2.05, 4.69) is 22.9 Å². The summed E-state index contributed by atoms with van der Waals surface area (Å²) in [6, 6.07) is 0. The molecule has 5 heteroatoms. The maximum Gasteiger partial charge on any atom is 0.411 e. The maximum atomic E-state index is 12.1. The number of benzene rings is 1. The van der Waals surface area contributed by atoms with Crippen LogP contribution in [0.1, 0.15) is 38.2 Å². The molecule has 0 aliphatic carbocycles. The first kappa shape index (κ1) is 17.5. The topological polar surface area (TPSA) is 9.23 Å². The van der Waals surface area contributed by atoms with Crippen molar-refractivity contribution in [3.63, 3.8) is 0 Å². The zero-order valence-electron chi connectivity index (χ0n) is 12.4. The molecule has 0 saturated carbocycles.